The van der Waals surface area contributed by atoms with Crippen LogP contribution in [0.1, 0.15) is 35.8 Å². The number of carbonyl (C=O) groups is 1. The number of carbonyl (C=O) groups excluding carboxylic acids is 1. The molecule has 2 atom stereocenters. The van der Waals surface area contributed by atoms with E-state index in [1.54, 1.807) is 18.2 Å². The summed E-state index contributed by atoms with van der Waals surface area (Å²) >= 11 is 0. The second-order valence-corrected chi connectivity index (χ2v) is 7.30. The van der Waals surface area contributed by atoms with Gasteiger partial charge in [-0.3, -0.25) is 4.79 Å². The molecule has 4 rings (SSSR count). The van der Waals surface area contributed by atoms with Gasteiger partial charge < -0.3 is 20.1 Å². The SMILES string of the molecule is COc1cc(NC(=O)c2cc3n(n2)C(C(F)(F)F)CC(C2CC2)N3)cc(OC)c1. The number of benzene rings is 1. The van der Waals surface area contributed by atoms with Crippen molar-refractivity contribution in [2.24, 2.45) is 5.92 Å². The lowest BCUT2D eigenvalue weighted by Gasteiger charge is -2.33. The number of amides is 1. The quantitative estimate of drug-likeness (QED) is 0.783. The lowest BCUT2D eigenvalue weighted by atomic mass is 10.0. The first-order chi connectivity index (χ1) is 13.8. The van der Waals surface area contributed by atoms with Gasteiger partial charge in [0.1, 0.15) is 17.3 Å². The molecule has 7 nitrogen and oxygen atoms in total. The molecule has 1 aromatic heterocycles. The maximum absolute atomic E-state index is 13.6. The standard InChI is InChI=1S/C19H21F3N4O3/c1-28-12-5-11(6-13(7-12)29-2)23-18(27)15-9-17-24-14(10-3-4-10)8-16(19(20,21)22)26(17)25-15/h5-7,9-10,14,16,24H,3-4,8H2,1-2H3,(H,23,27). The Balaban J connectivity index is 1.59. The Bertz CT molecular complexity index is 902. The van der Waals surface area contributed by atoms with Crippen molar-refractivity contribution in [1.82, 2.24) is 9.78 Å². The summed E-state index contributed by atoms with van der Waals surface area (Å²) in [5.41, 5.74) is 0.286. The molecule has 2 aromatic rings. The van der Waals surface area contributed by atoms with Crippen molar-refractivity contribution in [3.8, 4) is 11.5 Å². The first-order valence-electron chi connectivity index (χ1n) is 9.25. The van der Waals surface area contributed by atoms with Gasteiger partial charge in [-0.05, 0) is 25.2 Å². The smallest absolute Gasteiger partial charge is 0.410 e. The van der Waals surface area contributed by atoms with Gasteiger partial charge in [-0.2, -0.15) is 18.3 Å². The van der Waals surface area contributed by atoms with Gasteiger partial charge in [0.15, 0.2) is 11.7 Å². The zero-order valence-electron chi connectivity index (χ0n) is 15.9. The number of nitrogens with zero attached hydrogens (tertiary/aromatic N) is 2. The molecule has 10 heteroatoms. The van der Waals surface area contributed by atoms with E-state index in [1.807, 2.05) is 0 Å². The van der Waals surface area contributed by atoms with Crippen molar-refractivity contribution in [1.29, 1.82) is 0 Å². The first kappa shape index (κ1) is 19.4. The van der Waals surface area contributed by atoms with Gasteiger partial charge in [-0.15, -0.1) is 0 Å². The first-order valence-corrected chi connectivity index (χ1v) is 9.25. The van der Waals surface area contributed by atoms with Crippen LogP contribution in [0.4, 0.5) is 24.7 Å². The molecule has 29 heavy (non-hydrogen) atoms. The number of ether oxygens (including phenoxy) is 2. The van der Waals surface area contributed by atoms with Crippen LogP contribution in [0.25, 0.3) is 0 Å². The van der Waals surface area contributed by atoms with Crippen LogP contribution in [0.2, 0.25) is 0 Å². The largest absolute Gasteiger partial charge is 0.497 e. The number of hydrogen-bond acceptors (Lipinski definition) is 5. The Morgan fingerprint density at radius 2 is 1.83 bits per heavy atom. The van der Waals surface area contributed by atoms with Crippen LogP contribution in [0.15, 0.2) is 24.3 Å². The fraction of sp³-hybridized carbons (Fsp3) is 0.474. The van der Waals surface area contributed by atoms with E-state index in [4.69, 9.17) is 9.47 Å². The van der Waals surface area contributed by atoms with Crippen LogP contribution >= 0.6 is 0 Å². The predicted octanol–water partition coefficient (Wildman–Crippen LogP) is 3.85. The summed E-state index contributed by atoms with van der Waals surface area (Å²) in [7, 11) is 2.95. The Labute approximate surface area is 165 Å². The Kier molecular flexibility index (Phi) is 4.79. The Hall–Kier alpha value is -2.91. The molecule has 2 N–H and O–H groups in total. The molecule has 156 valence electrons. The molecule has 1 aliphatic carbocycles. The van der Waals surface area contributed by atoms with Crippen molar-refractivity contribution >= 4 is 17.4 Å². The van der Waals surface area contributed by atoms with Crippen LogP contribution in [-0.4, -0.2) is 42.1 Å². The third-order valence-corrected chi connectivity index (χ3v) is 5.25. The monoisotopic (exact) mass is 410 g/mol. The van der Waals surface area contributed by atoms with Crippen molar-refractivity contribution in [3.05, 3.63) is 30.0 Å². The molecule has 2 unspecified atom stereocenters. The van der Waals surface area contributed by atoms with Gasteiger partial charge in [0.25, 0.3) is 5.91 Å². The molecule has 0 radical (unpaired) electrons. The molecular weight excluding hydrogens is 389 g/mol. The zero-order valence-corrected chi connectivity index (χ0v) is 15.9. The highest BCUT2D eigenvalue weighted by molar-refractivity contribution is 6.03. The molecule has 1 aliphatic heterocycles. The van der Waals surface area contributed by atoms with Crippen LogP contribution in [0.5, 0.6) is 11.5 Å². The van der Waals surface area contributed by atoms with Crippen molar-refractivity contribution in [3.63, 3.8) is 0 Å². The number of rotatable bonds is 5. The average molecular weight is 410 g/mol. The van der Waals surface area contributed by atoms with Crippen LogP contribution < -0.4 is 20.1 Å². The lowest BCUT2D eigenvalue weighted by molar-refractivity contribution is -0.174. The molecule has 1 aromatic carbocycles. The molecule has 2 aliphatic rings. The second-order valence-electron chi connectivity index (χ2n) is 7.30. The molecule has 1 fully saturated rings. The van der Waals surface area contributed by atoms with E-state index in [0.29, 0.717) is 17.2 Å². The highest BCUT2D eigenvalue weighted by Crippen LogP contribution is 2.45. The number of aromatic nitrogens is 2. The van der Waals surface area contributed by atoms with E-state index in [2.05, 4.69) is 15.7 Å². The maximum Gasteiger partial charge on any atom is 0.410 e. The van der Waals surface area contributed by atoms with Crippen LogP contribution in [0, 0.1) is 5.92 Å². The van der Waals surface area contributed by atoms with E-state index in [0.717, 1.165) is 17.5 Å². The summed E-state index contributed by atoms with van der Waals surface area (Å²) in [6.45, 7) is 0. The van der Waals surface area contributed by atoms with E-state index < -0.39 is 18.1 Å². The average Bonchev–Trinajstić information content (AvgIpc) is 3.44. The van der Waals surface area contributed by atoms with E-state index in [-0.39, 0.29) is 29.9 Å². The predicted molar refractivity (Wildman–Crippen MR) is 99.6 cm³/mol. The minimum atomic E-state index is -4.44. The number of nitrogens with one attached hydrogen (secondary N) is 2. The fourth-order valence-electron chi connectivity index (χ4n) is 3.60. The molecule has 0 saturated heterocycles. The molecule has 1 saturated carbocycles. The normalized spacial score (nSPS) is 21.1. The molecule has 1 amide bonds. The summed E-state index contributed by atoms with van der Waals surface area (Å²) in [6.07, 6.45) is -2.69. The maximum atomic E-state index is 13.6. The van der Waals surface area contributed by atoms with E-state index in [1.165, 1.54) is 20.3 Å². The van der Waals surface area contributed by atoms with E-state index in [9.17, 15) is 18.0 Å². The molecule has 0 spiro atoms. The number of halogens is 3. The van der Waals surface area contributed by atoms with Crippen molar-refractivity contribution in [2.45, 2.75) is 37.5 Å². The third-order valence-electron chi connectivity index (χ3n) is 5.25. The second kappa shape index (κ2) is 7.16. The van der Waals surface area contributed by atoms with Crippen LogP contribution in [0.3, 0.4) is 0 Å². The van der Waals surface area contributed by atoms with Gasteiger partial charge in [-0.1, -0.05) is 0 Å². The number of hydrogen-bond donors (Lipinski definition) is 2. The van der Waals surface area contributed by atoms with Gasteiger partial charge in [0.2, 0.25) is 0 Å². The van der Waals surface area contributed by atoms with E-state index >= 15 is 0 Å². The highest BCUT2D eigenvalue weighted by Gasteiger charge is 2.49. The summed E-state index contributed by atoms with van der Waals surface area (Å²) in [5.74, 6) is 0.770. The number of anilines is 2. The van der Waals surface area contributed by atoms with Gasteiger partial charge in [0, 0.05) is 36.0 Å². The lowest BCUT2D eigenvalue weighted by Crippen LogP contribution is -2.40. The topological polar surface area (TPSA) is 77.4 Å². The number of methoxy groups -OCH3 is 2. The van der Waals surface area contributed by atoms with Crippen molar-refractivity contribution < 1.29 is 27.4 Å². The van der Waals surface area contributed by atoms with Gasteiger partial charge in [0.05, 0.1) is 14.2 Å². The Morgan fingerprint density at radius 1 is 1.17 bits per heavy atom. The fourth-order valence-corrected chi connectivity index (χ4v) is 3.60. The van der Waals surface area contributed by atoms with Gasteiger partial charge >= 0.3 is 6.18 Å². The molecular formula is C19H21F3N4O3. The minimum Gasteiger partial charge on any atom is -0.497 e. The van der Waals surface area contributed by atoms with Crippen molar-refractivity contribution in [2.75, 3.05) is 24.9 Å². The number of fused-ring (bicyclic) bond motifs is 1. The number of alkyl halides is 3. The third kappa shape index (κ3) is 3.96. The summed E-state index contributed by atoms with van der Waals surface area (Å²) in [4.78, 5) is 12.6. The Morgan fingerprint density at radius 3 is 2.38 bits per heavy atom. The minimum absolute atomic E-state index is 0.0863. The summed E-state index contributed by atoms with van der Waals surface area (Å²) < 4.78 is 51.9. The zero-order chi connectivity index (χ0) is 20.8. The molecule has 2 heterocycles. The van der Waals surface area contributed by atoms with Crippen LogP contribution in [-0.2, 0) is 0 Å². The summed E-state index contributed by atoms with van der Waals surface area (Å²) in [5, 5.41) is 9.70. The highest BCUT2D eigenvalue weighted by atomic mass is 19.4. The van der Waals surface area contributed by atoms with Gasteiger partial charge in [-0.25, -0.2) is 4.68 Å². The summed E-state index contributed by atoms with van der Waals surface area (Å²) in [6, 6.07) is 4.15. The molecule has 0 bridgehead atoms.